The Morgan fingerprint density at radius 1 is 1.35 bits per heavy atom. The van der Waals surface area contributed by atoms with E-state index in [1.807, 2.05) is 6.92 Å². The highest BCUT2D eigenvalue weighted by atomic mass is 32.1. The Morgan fingerprint density at radius 3 is 2.80 bits per heavy atom. The Bertz CT molecular complexity index is 625. The van der Waals surface area contributed by atoms with Gasteiger partial charge < -0.3 is 16.3 Å². The maximum atomic E-state index is 14.1. The van der Waals surface area contributed by atoms with Crippen molar-refractivity contribution < 1.29 is 9.60 Å². The van der Waals surface area contributed by atoms with E-state index < -0.39 is 5.82 Å². The molecule has 0 radical (unpaired) electrons. The number of hydrogen-bond donors (Lipinski definition) is 3. The third-order valence-corrected chi connectivity index (χ3v) is 3.87. The molecule has 4 nitrogen and oxygen atoms in total. The van der Waals surface area contributed by atoms with Gasteiger partial charge in [0.2, 0.25) is 0 Å². The second-order valence-corrected chi connectivity index (χ2v) is 5.75. The molecule has 1 aromatic heterocycles. The van der Waals surface area contributed by atoms with Gasteiger partial charge >= 0.3 is 0 Å². The van der Waals surface area contributed by atoms with Gasteiger partial charge in [-0.1, -0.05) is 17.3 Å². The van der Waals surface area contributed by atoms with Crippen molar-refractivity contribution in [2.75, 3.05) is 0 Å². The first-order chi connectivity index (χ1) is 9.61. The predicted molar refractivity (Wildman–Crippen MR) is 78.5 cm³/mol. The summed E-state index contributed by atoms with van der Waals surface area (Å²) in [6.07, 6.45) is 0. The lowest BCUT2D eigenvalue weighted by molar-refractivity contribution is 0.318. The third-order valence-electron chi connectivity index (χ3n) is 2.87. The van der Waals surface area contributed by atoms with Crippen molar-refractivity contribution in [1.29, 1.82) is 0 Å². The summed E-state index contributed by atoms with van der Waals surface area (Å²) >= 11 is 1.71. The molecule has 0 fully saturated rings. The minimum absolute atomic E-state index is 0.110. The number of benzene rings is 1. The van der Waals surface area contributed by atoms with E-state index in [0.717, 1.165) is 0 Å². The van der Waals surface area contributed by atoms with E-state index in [4.69, 9.17) is 10.9 Å². The maximum absolute atomic E-state index is 14.1. The first-order valence-electron chi connectivity index (χ1n) is 6.13. The van der Waals surface area contributed by atoms with Crippen molar-refractivity contribution in [2.24, 2.45) is 10.9 Å². The molecule has 0 aliphatic rings. The van der Waals surface area contributed by atoms with Crippen LogP contribution in [0.25, 0.3) is 0 Å². The van der Waals surface area contributed by atoms with Crippen LogP contribution in [0.15, 0.2) is 35.5 Å². The van der Waals surface area contributed by atoms with Crippen molar-refractivity contribution in [3.8, 4) is 0 Å². The van der Waals surface area contributed by atoms with Gasteiger partial charge in [0.15, 0.2) is 5.84 Å². The smallest absolute Gasteiger partial charge is 0.173 e. The lowest BCUT2D eigenvalue weighted by Gasteiger charge is -2.08. The molecule has 0 unspecified atom stereocenters. The molecule has 2 aromatic rings. The van der Waals surface area contributed by atoms with E-state index in [-0.39, 0.29) is 11.4 Å². The third kappa shape index (κ3) is 3.34. The topological polar surface area (TPSA) is 70.6 Å². The monoisotopic (exact) mass is 293 g/mol. The second-order valence-electron chi connectivity index (χ2n) is 4.38. The molecule has 0 amide bonds. The minimum Gasteiger partial charge on any atom is -0.409 e. The number of hydrogen-bond acceptors (Lipinski definition) is 4. The van der Waals surface area contributed by atoms with Crippen LogP contribution in [0.3, 0.4) is 0 Å². The largest absolute Gasteiger partial charge is 0.409 e. The van der Waals surface area contributed by atoms with Crippen LogP contribution in [0, 0.1) is 12.7 Å². The number of aryl methyl sites for hydroxylation is 1. The lowest BCUT2D eigenvalue weighted by atomic mass is 10.1. The number of thiophene rings is 1. The fourth-order valence-corrected chi connectivity index (χ4v) is 2.73. The van der Waals surface area contributed by atoms with E-state index >= 15 is 0 Å². The molecule has 0 bridgehead atoms. The quantitative estimate of drug-likeness (QED) is 0.343. The summed E-state index contributed by atoms with van der Waals surface area (Å²) < 4.78 is 14.1. The van der Waals surface area contributed by atoms with Crippen molar-refractivity contribution in [1.82, 2.24) is 5.32 Å². The Labute approximate surface area is 120 Å². The zero-order valence-corrected chi connectivity index (χ0v) is 11.9. The van der Waals surface area contributed by atoms with E-state index in [9.17, 15) is 4.39 Å². The van der Waals surface area contributed by atoms with Crippen molar-refractivity contribution >= 4 is 17.2 Å². The summed E-state index contributed by atoms with van der Waals surface area (Å²) in [7, 11) is 0. The average Bonchev–Trinajstić information content (AvgIpc) is 2.85. The summed E-state index contributed by atoms with van der Waals surface area (Å²) in [4.78, 5) is 2.46. The van der Waals surface area contributed by atoms with Gasteiger partial charge in [-0.15, -0.1) is 11.3 Å². The number of nitrogens with one attached hydrogen (secondary N) is 1. The molecule has 4 N–H and O–H groups in total. The molecule has 1 heterocycles. The summed E-state index contributed by atoms with van der Waals surface area (Å²) in [5, 5.41) is 14.6. The zero-order chi connectivity index (χ0) is 14.5. The van der Waals surface area contributed by atoms with Crippen LogP contribution in [0.1, 0.15) is 20.9 Å². The van der Waals surface area contributed by atoms with E-state index in [1.165, 1.54) is 15.8 Å². The molecule has 2 rings (SSSR count). The van der Waals surface area contributed by atoms with Crippen LogP contribution < -0.4 is 11.1 Å². The van der Waals surface area contributed by atoms with Crippen molar-refractivity contribution in [2.45, 2.75) is 20.0 Å². The molecule has 0 saturated heterocycles. The molecule has 0 aliphatic heterocycles. The van der Waals surface area contributed by atoms with Crippen LogP contribution in [-0.4, -0.2) is 11.0 Å². The van der Waals surface area contributed by atoms with Gasteiger partial charge in [0.05, 0.1) is 5.56 Å². The van der Waals surface area contributed by atoms with E-state index in [0.29, 0.717) is 18.7 Å². The van der Waals surface area contributed by atoms with Crippen molar-refractivity contribution in [3.63, 3.8) is 0 Å². The number of halogens is 1. The minimum atomic E-state index is -0.460. The van der Waals surface area contributed by atoms with Crippen LogP contribution in [-0.2, 0) is 13.1 Å². The van der Waals surface area contributed by atoms with E-state index in [2.05, 4.69) is 22.6 Å². The van der Waals surface area contributed by atoms with Crippen LogP contribution in [0.4, 0.5) is 4.39 Å². The number of oxime groups is 1. The first-order valence-corrected chi connectivity index (χ1v) is 6.94. The predicted octanol–water partition coefficient (Wildman–Crippen LogP) is 2.58. The zero-order valence-electron chi connectivity index (χ0n) is 11.1. The molecule has 0 spiro atoms. The van der Waals surface area contributed by atoms with Gasteiger partial charge in [0.25, 0.3) is 0 Å². The molecule has 6 heteroatoms. The Kier molecular flexibility index (Phi) is 4.70. The SMILES string of the molecule is Cc1ccc(CNCc2cccc(/C(N)=N/O)c2F)s1. The first kappa shape index (κ1) is 14.5. The Morgan fingerprint density at radius 2 is 2.15 bits per heavy atom. The molecule has 0 atom stereocenters. The van der Waals surface area contributed by atoms with Gasteiger partial charge in [-0.25, -0.2) is 4.39 Å². The molecule has 0 aliphatic carbocycles. The van der Waals surface area contributed by atoms with Gasteiger partial charge in [0, 0.05) is 28.4 Å². The lowest BCUT2D eigenvalue weighted by Crippen LogP contribution is -2.18. The highest BCUT2D eigenvalue weighted by molar-refractivity contribution is 7.11. The van der Waals surface area contributed by atoms with E-state index in [1.54, 1.807) is 23.5 Å². The molecular formula is C14H16FN3OS. The Hall–Kier alpha value is -1.92. The molecule has 20 heavy (non-hydrogen) atoms. The molecule has 0 saturated carbocycles. The number of rotatable bonds is 5. The summed E-state index contributed by atoms with van der Waals surface area (Å²) in [5.74, 6) is -0.684. The summed E-state index contributed by atoms with van der Waals surface area (Å²) in [5.41, 5.74) is 6.03. The van der Waals surface area contributed by atoms with Crippen LogP contribution in [0.5, 0.6) is 0 Å². The second kappa shape index (κ2) is 6.49. The molecule has 1 aromatic carbocycles. The standard InChI is InChI=1S/C14H16FN3OS/c1-9-5-6-11(20-9)8-17-7-10-3-2-4-12(13(10)15)14(16)18-19/h2-6,17,19H,7-8H2,1H3,(H2,16,18). The van der Waals surface area contributed by atoms with Gasteiger partial charge in [-0.3, -0.25) is 0 Å². The van der Waals surface area contributed by atoms with Gasteiger partial charge in [-0.05, 0) is 25.1 Å². The highest BCUT2D eigenvalue weighted by Crippen LogP contribution is 2.16. The van der Waals surface area contributed by atoms with Crippen LogP contribution >= 0.6 is 11.3 Å². The fourth-order valence-electron chi connectivity index (χ4n) is 1.87. The van der Waals surface area contributed by atoms with Gasteiger partial charge in [0.1, 0.15) is 5.82 Å². The fraction of sp³-hybridized carbons (Fsp3) is 0.214. The molecular weight excluding hydrogens is 277 g/mol. The van der Waals surface area contributed by atoms with Gasteiger partial charge in [-0.2, -0.15) is 0 Å². The summed E-state index contributed by atoms with van der Waals surface area (Å²) in [6.45, 7) is 3.12. The number of amidine groups is 1. The maximum Gasteiger partial charge on any atom is 0.173 e. The normalized spacial score (nSPS) is 11.8. The number of nitrogens with zero attached hydrogens (tertiary/aromatic N) is 1. The average molecular weight is 293 g/mol. The van der Waals surface area contributed by atoms with Crippen LogP contribution in [0.2, 0.25) is 0 Å². The summed E-state index contributed by atoms with van der Waals surface area (Å²) in [6, 6.07) is 8.95. The Balaban J connectivity index is 2.03. The van der Waals surface area contributed by atoms with Crippen molar-refractivity contribution in [3.05, 3.63) is 57.0 Å². The number of nitrogens with two attached hydrogens (primary N) is 1. The molecule has 106 valence electrons. The highest BCUT2D eigenvalue weighted by Gasteiger charge is 2.11.